The van der Waals surface area contributed by atoms with E-state index >= 15 is 0 Å². The first-order valence-corrected chi connectivity index (χ1v) is 7.72. The molecule has 1 aliphatic rings. The van der Waals surface area contributed by atoms with E-state index in [9.17, 15) is 0 Å². The Hall–Kier alpha value is -0.950. The fourth-order valence-electron chi connectivity index (χ4n) is 2.46. The Morgan fingerprint density at radius 1 is 1.17 bits per heavy atom. The largest absolute Gasteiger partial charge is 0.122 e. The summed E-state index contributed by atoms with van der Waals surface area (Å²) < 4.78 is 0. The average molecular weight is 258 g/mol. The van der Waals surface area contributed by atoms with Gasteiger partial charge in [0.15, 0.2) is 0 Å². The summed E-state index contributed by atoms with van der Waals surface area (Å²) in [6.07, 6.45) is 5.17. The Kier molecular flexibility index (Phi) is 4.71. The molecule has 1 heteroatoms. The smallest absolute Gasteiger partial charge is 0.0234 e. The van der Waals surface area contributed by atoms with Crippen LogP contribution in [0.25, 0.3) is 0 Å². The zero-order valence-corrected chi connectivity index (χ0v) is 12.3. The van der Waals surface area contributed by atoms with E-state index in [0.717, 1.165) is 5.75 Å². The Morgan fingerprint density at radius 2 is 1.89 bits per heavy atom. The second kappa shape index (κ2) is 6.29. The summed E-state index contributed by atoms with van der Waals surface area (Å²) in [5.41, 5.74) is 5.90. The second-order valence-corrected chi connectivity index (χ2v) is 6.17. The molecule has 0 bridgehead atoms. The van der Waals surface area contributed by atoms with Gasteiger partial charge in [0.05, 0.1) is 0 Å². The molecule has 0 aromatic heterocycles. The number of rotatable bonds is 4. The van der Waals surface area contributed by atoms with Crippen LogP contribution in [0.2, 0.25) is 0 Å². The summed E-state index contributed by atoms with van der Waals surface area (Å²) in [5.74, 6) is 1.04. The second-order valence-electron chi connectivity index (χ2n) is 5.10. The summed E-state index contributed by atoms with van der Waals surface area (Å²) in [6, 6.07) is 8.63. The molecule has 18 heavy (non-hydrogen) atoms. The van der Waals surface area contributed by atoms with Gasteiger partial charge < -0.3 is 0 Å². The van der Waals surface area contributed by atoms with Crippen LogP contribution in [-0.4, -0.2) is 0 Å². The van der Waals surface area contributed by atoms with E-state index in [-0.39, 0.29) is 0 Å². The standard InChI is InChI=1S/C17H22S/c1-13-8-4-6-10-16(13)12-18-15(3)17-11-7-5-9-14(17)2/h4,6,8,10H,3,5,7,9,11-12H2,1-2H3. The Balaban J connectivity index is 1.99. The van der Waals surface area contributed by atoms with Crippen molar-refractivity contribution in [2.45, 2.75) is 45.3 Å². The van der Waals surface area contributed by atoms with Crippen molar-refractivity contribution in [3.05, 3.63) is 58.0 Å². The Morgan fingerprint density at radius 3 is 2.61 bits per heavy atom. The normalized spacial score (nSPS) is 15.9. The van der Waals surface area contributed by atoms with Crippen LogP contribution in [-0.2, 0) is 5.75 Å². The van der Waals surface area contributed by atoms with Crippen LogP contribution in [0.1, 0.15) is 43.7 Å². The molecule has 0 saturated heterocycles. The van der Waals surface area contributed by atoms with Gasteiger partial charge in [-0.15, -0.1) is 11.8 Å². The van der Waals surface area contributed by atoms with Gasteiger partial charge in [0.1, 0.15) is 0 Å². The van der Waals surface area contributed by atoms with Gasteiger partial charge in [-0.25, -0.2) is 0 Å². The van der Waals surface area contributed by atoms with Crippen LogP contribution in [0, 0.1) is 6.92 Å². The highest BCUT2D eigenvalue weighted by molar-refractivity contribution is 8.02. The van der Waals surface area contributed by atoms with Gasteiger partial charge >= 0.3 is 0 Å². The third-order valence-electron chi connectivity index (χ3n) is 3.74. The van der Waals surface area contributed by atoms with Crippen molar-refractivity contribution in [3.63, 3.8) is 0 Å². The lowest BCUT2D eigenvalue weighted by atomic mass is 9.93. The minimum Gasteiger partial charge on any atom is -0.122 e. The van der Waals surface area contributed by atoms with Crippen molar-refractivity contribution in [1.82, 2.24) is 0 Å². The molecule has 96 valence electrons. The van der Waals surface area contributed by atoms with Crippen molar-refractivity contribution >= 4 is 11.8 Å². The molecule has 0 N–H and O–H groups in total. The predicted octanol–water partition coefficient (Wildman–Crippen LogP) is 5.63. The monoisotopic (exact) mass is 258 g/mol. The van der Waals surface area contributed by atoms with Crippen LogP contribution in [0.5, 0.6) is 0 Å². The summed E-state index contributed by atoms with van der Waals surface area (Å²) >= 11 is 1.90. The molecule has 0 nitrogen and oxygen atoms in total. The van der Waals surface area contributed by atoms with Crippen LogP contribution < -0.4 is 0 Å². The maximum absolute atomic E-state index is 4.28. The highest BCUT2D eigenvalue weighted by Crippen LogP contribution is 2.35. The van der Waals surface area contributed by atoms with Gasteiger partial charge in [0, 0.05) is 10.7 Å². The topological polar surface area (TPSA) is 0 Å². The summed E-state index contributed by atoms with van der Waals surface area (Å²) in [7, 11) is 0. The van der Waals surface area contributed by atoms with E-state index in [1.165, 1.54) is 47.3 Å². The average Bonchev–Trinajstić information content (AvgIpc) is 2.38. The molecule has 0 heterocycles. The lowest BCUT2D eigenvalue weighted by Crippen LogP contribution is -1.98. The van der Waals surface area contributed by atoms with Crippen molar-refractivity contribution in [2.75, 3.05) is 0 Å². The van der Waals surface area contributed by atoms with E-state index in [1.807, 2.05) is 11.8 Å². The first kappa shape index (κ1) is 13.5. The number of hydrogen-bond donors (Lipinski definition) is 0. The summed E-state index contributed by atoms with van der Waals surface area (Å²) in [5, 5.41) is 0. The molecule has 0 atom stereocenters. The predicted molar refractivity (Wildman–Crippen MR) is 82.8 cm³/mol. The minimum absolute atomic E-state index is 1.04. The molecule has 0 amide bonds. The molecular formula is C17H22S. The summed E-state index contributed by atoms with van der Waals surface area (Å²) in [6.45, 7) is 8.73. The number of hydrogen-bond acceptors (Lipinski definition) is 1. The Bertz CT molecular complexity index is 468. The van der Waals surface area contributed by atoms with E-state index in [0.29, 0.717) is 0 Å². The molecule has 0 aliphatic heterocycles. The summed E-state index contributed by atoms with van der Waals surface area (Å²) in [4.78, 5) is 1.29. The maximum Gasteiger partial charge on any atom is 0.0234 e. The molecule has 1 aromatic rings. The van der Waals surface area contributed by atoms with Gasteiger partial charge in [-0.2, -0.15) is 0 Å². The van der Waals surface area contributed by atoms with E-state index in [1.54, 1.807) is 5.57 Å². The van der Waals surface area contributed by atoms with E-state index in [4.69, 9.17) is 0 Å². The molecule has 2 rings (SSSR count). The van der Waals surface area contributed by atoms with Gasteiger partial charge in [0.25, 0.3) is 0 Å². The van der Waals surface area contributed by atoms with Gasteiger partial charge in [-0.1, -0.05) is 36.4 Å². The van der Waals surface area contributed by atoms with Gasteiger partial charge in [-0.3, -0.25) is 0 Å². The molecule has 1 aliphatic carbocycles. The highest BCUT2D eigenvalue weighted by Gasteiger charge is 2.12. The number of allylic oxidation sites excluding steroid dienone is 2. The Labute approximate surface area is 115 Å². The zero-order valence-electron chi connectivity index (χ0n) is 11.5. The van der Waals surface area contributed by atoms with Crippen LogP contribution in [0.3, 0.4) is 0 Å². The fraction of sp³-hybridized carbons (Fsp3) is 0.412. The fourth-order valence-corrected chi connectivity index (χ4v) is 3.56. The van der Waals surface area contributed by atoms with Crippen LogP contribution in [0.4, 0.5) is 0 Å². The molecule has 1 aromatic carbocycles. The maximum atomic E-state index is 4.28. The molecule has 0 fully saturated rings. The van der Waals surface area contributed by atoms with Crippen LogP contribution >= 0.6 is 11.8 Å². The third-order valence-corrected chi connectivity index (χ3v) is 4.79. The van der Waals surface area contributed by atoms with Crippen molar-refractivity contribution in [2.24, 2.45) is 0 Å². The van der Waals surface area contributed by atoms with E-state index in [2.05, 4.69) is 44.7 Å². The minimum atomic E-state index is 1.04. The van der Waals surface area contributed by atoms with Gasteiger partial charge in [0.2, 0.25) is 0 Å². The lowest BCUT2D eigenvalue weighted by molar-refractivity contribution is 0.682. The number of thioether (sulfide) groups is 1. The first-order valence-electron chi connectivity index (χ1n) is 6.73. The molecule has 0 radical (unpaired) electrons. The van der Waals surface area contributed by atoms with Crippen molar-refractivity contribution in [1.29, 1.82) is 0 Å². The quantitative estimate of drug-likeness (QED) is 0.674. The van der Waals surface area contributed by atoms with Crippen LogP contribution in [0.15, 0.2) is 46.9 Å². The molecule has 0 saturated carbocycles. The SMILES string of the molecule is C=C(SCc1ccccc1C)C1=C(C)CCCC1. The highest BCUT2D eigenvalue weighted by atomic mass is 32.2. The zero-order chi connectivity index (χ0) is 13.0. The number of aryl methyl sites for hydroxylation is 1. The van der Waals surface area contributed by atoms with Gasteiger partial charge in [-0.05, 0) is 56.2 Å². The third kappa shape index (κ3) is 3.29. The van der Waals surface area contributed by atoms with Crippen molar-refractivity contribution < 1.29 is 0 Å². The lowest BCUT2D eigenvalue weighted by Gasteiger charge is -2.19. The van der Waals surface area contributed by atoms with E-state index < -0.39 is 0 Å². The first-order chi connectivity index (χ1) is 8.68. The molecule has 0 spiro atoms. The van der Waals surface area contributed by atoms with Crippen molar-refractivity contribution in [3.8, 4) is 0 Å². The molecule has 0 unspecified atom stereocenters. The molecular weight excluding hydrogens is 236 g/mol. The number of benzene rings is 1.